The number of urea groups is 1. The molecule has 1 saturated heterocycles. The maximum atomic E-state index is 12.2. The summed E-state index contributed by atoms with van der Waals surface area (Å²) in [6, 6.07) is 10.1. The lowest BCUT2D eigenvalue weighted by atomic mass is 10.1. The maximum Gasteiger partial charge on any atom is 0.318 e. The molecule has 23 heavy (non-hydrogen) atoms. The highest BCUT2D eigenvalue weighted by molar-refractivity contribution is 5.90. The zero-order valence-electron chi connectivity index (χ0n) is 13.5. The third kappa shape index (κ3) is 4.03. The molecule has 1 saturated carbocycles. The van der Waals surface area contributed by atoms with Gasteiger partial charge in [0.1, 0.15) is 6.04 Å². The smallest absolute Gasteiger partial charge is 0.318 e. The number of nitrogens with zero attached hydrogens (tertiary/aromatic N) is 1. The van der Waals surface area contributed by atoms with Crippen LogP contribution in [-0.4, -0.2) is 42.0 Å². The van der Waals surface area contributed by atoms with E-state index in [2.05, 4.69) is 22.8 Å². The number of nitrogens with one attached hydrogen (secondary N) is 2. The molecule has 2 fully saturated rings. The van der Waals surface area contributed by atoms with Crippen molar-refractivity contribution in [2.45, 2.75) is 50.6 Å². The molecule has 3 amide bonds. The lowest BCUT2D eigenvalue weighted by Crippen LogP contribution is -2.43. The van der Waals surface area contributed by atoms with E-state index in [-0.39, 0.29) is 11.9 Å². The van der Waals surface area contributed by atoms with Crippen LogP contribution in [0.1, 0.15) is 37.7 Å². The van der Waals surface area contributed by atoms with Crippen molar-refractivity contribution >= 4 is 11.9 Å². The number of amides is 3. The van der Waals surface area contributed by atoms with Crippen molar-refractivity contribution < 1.29 is 9.59 Å². The minimum absolute atomic E-state index is 0.0630. The fourth-order valence-corrected chi connectivity index (χ4v) is 3.51. The molecule has 5 heteroatoms. The molecule has 1 atom stereocenters. The molecular weight excluding hydrogens is 290 g/mol. The van der Waals surface area contributed by atoms with Gasteiger partial charge in [0, 0.05) is 12.6 Å². The predicted molar refractivity (Wildman–Crippen MR) is 89.1 cm³/mol. The summed E-state index contributed by atoms with van der Waals surface area (Å²) in [4.78, 5) is 26.1. The van der Waals surface area contributed by atoms with Gasteiger partial charge in [0.15, 0.2) is 0 Å². The van der Waals surface area contributed by atoms with Crippen LogP contribution >= 0.6 is 0 Å². The van der Waals surface area contributed by atoms with Crippen LogP contribution in [0.5, 0.6) is 0 Å². The Balaban J connectivity index is 1.39. The van der Waals surface area contributed by atoms with Crippen molar-refractivity contribution in [3.8, 4) is 0 Å². The number of benzene rings is 1. The van der Waals surface area contributed by atoms with Crippen LogP contribution in [0.3, 0.4) is 0 Å². The topological polar surface area (TPSA) is 61.4 Å². The van der Waals surface area contributed by atoms with Crippen molar-refractivity contribution in [2.24, 2.45) is 0 Å². The molecule has 1 aromatic rings. The summed E-state index contributed by atoms with van der Waals surface area (Å²) in [6.07, 6.45) is 6.36. The quantitative estimate of drug-likeness (QED) is 0.790. The molecule has 0 radical (unpaired) electrons. The van der Waals surface area contributed by atoms with Crippen LogP contribution in [0, 0.1) is 0 Å². The van der Waals surface area contributed by atoms with E-state index in [4.69, 9.17) is 0 Å². The Hall–Kier alpha value is -2.04. The zero-order chi connectivity index (χ0) is 16.1. The summed E-state index contributed by atoms with van der Waals surface area (Å²) in [5.41, 5.74) is 1.28. The highest BCUT2D eigenvalue weighted by Crippen LogP contribution is 2.25. The molecule has 0 bridgehead atoms. The van der Waals surface area contributed by atoms with Crippen LogP contribution in [0.4, 0.5) is 4.79 Å². The van der Waals surface area contributed by atoms with E-state index < -0.39 is 6.04 Å². The van der Waals surface area contributed by atoms with E-state index in [1.807, 2.05) is 23.1 Å². The molecule has 3 rings (SSSR count). The zero-order valence-corrected chi connectivity index (χ0v) is 13.5. The van der Waals surface area contributed by atoms with Crippen LogP contribution in [0.25, 0.3) is 0 Å². The Kier molecular flexibility index (Phi) is 5.16. The molecule has 2 N–H and O–H groups in total. The summed E-state index contributed by atoms with van der Waals surface area (Å²) in [7, 11) is 0. The second-order valence-corrected chi connectivity index (χ2v) is 6.47. The Bertz CT molecular complexity index is 540. The van der Waals surface area contributed by atoms with Gasteiger partial charge in [-0.3, -0.25) is 4.79 Å². The van der Waals surface area contributed by atoms with Crippen LogP contribution in [0.2, 0.25) is 0 Å². The van der Waals surface area contributed by atoms with Gasteiger partial charge >= 0.3 is 6.03 Å². The average molecular weight is 315 g/mol. The highest BCUT2D eigenvalue weighted by atomic mass is 16.2. The van der Waals surface area contributed by atoms with Gasteiger partial charge in [0.05, 0.1) is 6.54 Å². The summed E-state index contributed by atoms with van der Waals surface area (Å²) >= 11 is 0. The number of rotatable bonds is 6. The van der Waals surface area contributed by atoms with E-state index >= 15 is 0 Å². The largest absolute Gasteiger partial charge is 0.354 e. The monoisotopic (exact) mass is 315 g/mol. The highest BCUT2D eigenvalue weighted by Gasteiger charge is 2.37. The number of carbonyl (C=O) groups excluding carboxylic acids is 2. The predicted octanol–water partition coefficient (Wildman–Crippen LogP) is 2.07. The number of carbonyl (C=O) groups is 2. The molecule has 1 unspecified atom stereocenters. The molecule has 1 heterocycles. The molecule has 1 aromatic carbocycles. The Labute approximate surface area is 137 Å². The van der Waals surface area contributed by atoms with Gasteiger partial charge in [-0.05, 0) is 31.2 Å². The molecule has 124 valence electrons. The first-order chi connectivity index (χ1) is 11.2. The summed E-state index contributed by atoms with van der Waals surface area (Å²) in [5, 5.41) is 5.76. The van der Waals surface area contributed by atoms with Gasteiger partial charge in [0.25, 0.3) is 0 Å². The first-order valence-electron chi connectivity index (χ1n) is 8.63. The van der Waals surface area contributed by atoms with Gasteiger partial charge in [-0.15, -0.1) is 0 Å². The van der Waals surface area contributed by atoms with Crippen LogP contribution in [0.15, 0.2) is 30.3 Å². The van der Waals surface area contributed by atoms with Crippen molar-refractivity contribution in [1.29, 1.82) is 0 Å². The Morgan fingerprint density at radius 3 is 2.70 bits per heavy atom. The van der Waals surface area contributed by atoms with Crippen molar-refractivity contribution in [3.05, 3.63) is 35.9 Å². The first kappa shape index (κ1) is 15.8. The number of aryl methyl sites for hydroxylation is 1. The van der Waals surface area contributed by atoms with E-state index in [0.29, 0.717) is 19.1 Å². The van der Waals surface area contributed by atoms with Crippen LogP contribution in [-0.2, 0) is 11.2 Å². The average Bonchev–Trinajstić information content (AvgIpc) is 3.21. The lowest BCUT2D eigenvalue weighted by molar-refractivity contribution is -0.122. The minimum atomic E-state index is -0.403. The van der Waals surface area contributed by atoms with Gasteiger partial charge in [-0.25, -0.2) is 4.79 Å². The van der Waals surface area contributed by atoms with Crippen molar-refractivity contribution in [1.82, 2.24) is 15.5 Å². The molecule has 1 aliphatic heterocycles. The minimum Gasteiger partial charge on any atom is -0.354 e. The fraction of sp³-hybridized carbons (Fsp3) is 0.556. The normalized spacial score (nSPS) is 21.5. The molecule has 0 spiro atoms. The Morgan fingerprint density at radius 1 is 1.22 bits per heavy atom. The second kappa shape index (κ2) is 7.49. The second-order valence-electron chi connectivity index (χ2n) is 6.47. The third-order valence-corrected chi connectivity index (χ3v) is 4.80. The number of hydrogen-bond acceptors (Lipinski definition) is 2. The Morgan fingerprint density at radius 2 is 1.96 bits per heavy atom. The van der Waals surface area contributed by atoms with Gasteiger partial charge in [-0.2, -0.15) is 0 Å². The fourth-order valence-electron chi connectivity index (χ4n) is 3.51. The van der Waals surface area contributed by atoms with Gasteiger partial charge in [0.2, 0.25) is 5.91 Å². The number of hydrogen-bond donors (Lipinski definition) is 2. The molecule has 1 aliphatic carbocycles. The first-order valence-corrected chi connectivity index (χ1v) is 8.63. The van der Waals surface area contributed by atoms with E-state index in [1.165, 1.54) is 18.4 Å². The maximum absolute atomic E-state index is 12.2. The molecule has 2 aliphatic rings. The van der Waals surface area contributed by atoms with E-state index in [1.54, 1.807) is 0 Å². The van der Waals surface area contributed by atoms with Gasteiger partial charge < -0.3 is 15.5 Å². The standard InChI is InChI=1S/C18H25N3O2/c22-17(19-12-6-9-14-7-2-1-3-8-14)16-13-21(18(23)20-16)15-10-4-5-11-15/h1-3,7-8,15-16H,4-6,9-13H2,(H,19,22)(H,20,23). The van der Waals surface area contributed by atoms with Crippen molar-refractivity contribution in [2.75, 3.05) is 13.1 Å². The van der Waals surface area contributed by atoms with Crippen molar-refractivity contribution in [3.63, 3.8) is 0 Å². The SMILES string of the molecule is O=C(NCCCc1ccccc1)C1CN(C2CCCC2)C(=O)N1. The van der Waals surface area contributed by atoms with E-state index in [9.17, 15) is 9.59 Å². The third-order valence-electron chi connectivity index (χ3n) is 4.80. The van der Waals surface area contributed by atoms with Gasteiger partial charge in [-0.1, -0.05) is 43.2 Å². The molecule has 5 nitrogen and oxygen atoms in total. The summed E-state index contributed by atoms with van der Waals surface area (Å²) < 4.78 is 0. The molecular formula is C18H25N3O2. The van der Waals surface area contributed by atoms with Crippen LogP contribution < -0.4 is 10.6 Å². The summed E-state index contributed by atoms with van der Waals surface area (Å²) in [5.74, 6) is -0.0630. The molecule has 0 aromatic heterocycles. The lowest BCUT2D eigenvalue weighted by Gasteiger charge is -2.22. The summed E-state index contributed by atoms with van der Waals surface area (Å²) in [6.45, 7) is 1.15. The van der Waals surface area contributed by atoms with E-state index in [0.717, 1.165) is 25.7 Å².